The molecule has 0 saturated carbocycles. The van der Waals surface area contributed by atoms with Crippen LogP contribution in [0.25, 0.3) is 32.0 Å². The number of hydrogen-bond donors (Lipinski definition) is 0. The second-order valence-corrected chi connectivity index (χ2v) is 23.6. The number of fused-ring (bicyclic) bond motifs is 2. The zero-order valence-electron chi connectivity index (χ0n) is 44.6. The molecule has 0 radical (unpaired) electrons. The lowest BCUT2D eigenvalue weighted by molar-refractivity contribution is 0.105. The van der Waals surface area contributed by atoms with Crippen molar-refractivity contribution in [3.63, 3.8) is 0 Å². The molecule has 2 aliphatic rings. The number of carbonyl (C=O) groups excluding carboxylic acids is 2. The van der Waals surface area contributed by atoms with Gasteiger partial charge in [-0.2, -0.15) is 0 Å². The lowest BCUT2D eigenvalue weighted by Gasteiger charge is -2.23. The number of rotatable bonds is 10. The van der Waals surface area contributed by atoms with Crippen LogP contribution in [0.2, 0.25) is 0 Å². The van der Waals surface area contributed by atoms with Gasteiger partial charge in [0.25, 0.3) is 11.4 Å². The van der Waals surface area contributed by atoms with Crippen molar-refractivity contribution in [1.29, 1.82) is 10.5 Å². The zero-order chi connectivity index (χ0) is 55.5. The third-order valence-corrected chi connectivity index (χ3v) is 17.1. The quantitative estimate of drug-likeness (QED) is 0.0776. The van der Waals surface area contributed by atoms with Gasteiger partial charge in [-0.25, -0.2) is 37.8 Å². The Bertz CT molecular complexity index is 3640. The van der Waals surface area contributed by atoms with Gasteiger partial charge < -0.3 is 0 Å². The summed E-state index contributed by atoms with van der Waals surface area (Å²) in [5.74, 6) is -5.62. The topological polar surface area (TPSA) is 90.4 Å². The van der Waals surface area contributed by atoms with Crippen LogP contribution in [0.4, 0.5) is 17.6 Å². The van der Waals surface area contributed by atoms with Crippen LogP contribution < -0.4 is 9.06 Å². The molecule has 6 aromatic rings. The first-order chi connectivity index (χ1) is 36.0. The summed E-state index contributed by atoms with van der Waals surface area (Å²) in [7, 11) is 0. The lowest BCUT2D eigenvalue weighted by atomic mass is 9.82. The first-order valence-electron chi connectivity index (χ1n) is 25.4. The summed E-state index contributed by atoms with van der Waals surface area (Å²) in [5, 5.41) is 20.8. The minimum absolute atomic E-state index is 0.0547. The summed E-state index contributed by atoms with van der Waals surface area (Å²) in [6, 6.07) is 19.8. The Morgan fingerprint density at radius 2 is 0.763 bits per heavy atom. The molecule has 384 valence electrons. The third-order valence-electron chi connectivity index (χ3n) is 14.6. The number of hydrogen-bond acceptors (Lipinski definition) is 6. The molecule has 0 spiro atoms. The van der Waals surface area contributed by atoms with Gasteiger partial charge in [0.05, 0.1) is 25.3 Å². The van der Waals surface area contributed by atoms with E-state index in [0.717, 1.165) is 68.8 Å². The maximum atomic E-state index is 15.2. The Labute approximate surface area is 449 Å². The number of carbonyl (C=O) groups is 2. The van der Waals surface area contributed by atoms with Crippen LogP contribution in [0.3, 0.4) is 0 Å². The average Bonchev–Trinajstić information content (AvgIpc) is 4.14. The standard InChI is InChI=1S/C64H56F4N4O2S2/c1-29(2)35-15-39(31(5)6)43(40(16-35)32(7)8)19-37-21-55(59-57(53(27-69)71-13)45-23-49(65)51(67)25-47(45)61(59)73)75-63(37)64-38(20-44-41(33(9)10)17-36(30(3)4)18-42(44)34(11)12)22-56(76-64)60-58(54(28-70)72-14)46-24-50(66)52(68)26-48(46)62(60)74/h15-18,21-26,29-34H,19-20H2,1-12H3/b57-53-,58-54+,59-55-,60-56-,64-63+. The van der Waals surface area contributed by atoms with Gasteiger partial charge in [-0.3, -0.25) is 9.59 Å². The number of halogens is 4. The summed E-state index contributed by atoms with van der Waals surface area (Å²) >= 11 is 2.44. The molecule has 6 nitrogen and oxygen atoms in total. The van der Waals surface area contributed by atoms with E-state index in [-0.39, 0.29) is 80.1 Å². The molecule has 76 heavy (non-hydrogen) atoms. The van der Waals surface area contributed by atoms with Crippen molar-refractivity contribution >= 4 is 56.5 Å². The molecule has 0 fully saturated rings. The molecule has 12 heteroatoms. The van der Waals surface area contributed by atoms with Crippen LogP contribution >= 0.6 is 22.7 Å². The molecule has 0 amide bonds. The lowest BCUT2D eigenvalue weighted by Crippen LogP contribution is -2.09. The van der Waals surface area contributed by atoms with Crippen molar-refractivity contribution in [3.8, 4) is 12.1 Å². The van der Waals surface area contributed by atoms with Crippen LogP contribution in [0.1, 0.15) is 206 Å². The van der Waals surface area contributed by atoms with Crippen molar-refractivity contribution in [3.05, 3.63) is 214 Å². The van der Waals surface area contributed by atoms with Crippen LogP contribution in [-0.4, -0.2) is 11.6 Å². The smallest absolute Gasteiger partial charge is 0.270 e. The largest absolute Gasteiger partial charge is 0.289 e. The van der Waals surface area contributed by atoms with Gasteiger partial charge in [-0.15, -0.1) is 22.7 Å². The average molecular weight is 1050 g/mol. The Morgan fingerprint density at radius 1 is 0.474 bits per heavy atom. The Balaban J connectivity index is 1.65. The maximum absolute atomic E-state index is 15.2. The van der Waals surface area contributed by atoms with Gasteiger partial charge in [0.1, 0.15) is 0 Å². The second kappa shape index (κ2) is 21.3. The number of ketones is 2. The first kappa shape index (κ1) is 54.8. The molecule has 2 aliphatic carbocycles. The molecule has 0 aliphatic heterocycles. The number of benzene rings is 4. The van der Waals surface area contributed by atoms with Crippen molar-refractivity contribution in [2.24, 2.45) is 0 Å². The van der Waals surface area contributed by atoms with E-state index in [1.807, 2.05) is 24.3 Å². The summed E-state index contributed by atoms with van der Waals surface area (Å²) in [6.45, 7) is 41.8. The molecule has 4 aromatic carbocycles. The van der Waals surface area contributed by atoms with Gasteiger partial charge in [0.2, 0.25) is 0 Å². The fourth-order valence-corrected chi connectivity index (χ4v) is 13.3. The van der Waals surface area contributed by atoms with Gasteiger partial charge >= 0.3 is 0 Å². The highest BCUT2D eigenvalue weighted by Crippen LogP contribution is 2.44. The fraction of sp³-hybridized carbons (Fsp3) is 0.312. The van der Waals surface area contributed by atoms with E-state index in [9.17, 15) is 20.1 Å². The number of nitrogens with zero attached hydrogens (tertiary/aromatic N) is 4. The van der Waals surface area contributed by atoms with Gasteiger partial charge in [-0.05, 0) is 152 Å². The van der Waals surface area contributed by atoms with E-state index in [1.54, 1.807) is 0 Å². The summed E-state index contributed by atoms with van der Waals surface area (Å²) in [5.41, 5.74) is 8.71. The molecule has 0 atom stereocenters. The van der Waals surface area contributed by atoms with Crippen molar-refractivity contribution in [2.45, 2.75) is 131 Å². The molecule has 0 unspecified atom stereocenters. The molecule has 0 N–H and O–H groups in total. The van der Waals surface area contributed by atoms with Crippen LogP contribution in [-0.2, 0) is 12.8 Å². The van der Waals surface area contributed by atoms with E-state index >= 15 is 17.6 Å². The highest BCUT2D eigenvalue weighted by Gasteiger charge is 2.37. The minimum Gasteiger partial charge on any atom is -0.289 e. The van der Waals surface area contributed by atoms with Crippen molar-refractivity contribution < 1.29 is 27.2 Å². The molecular formula is C64H56F4N4O2S2. The number of nitriles is 2. The van der Waals surface area contributed by atoms with Crippen LogP contribution in [0.15, 0.2) is 72.1 Å². The van der Waals surface area contributed by atoms with Crippen LogP contribution in [0.5, 0.6) is 0 Å². The SMILES string of the molecule is [C-]#[N+]/C(C#N)=C1\C(=c2/cc(Cc3c(C(C)C)cc(C(C)C)cc3C(C)C)/c(=c3\s/c(=C4\C(=O)c5cc(F)c(F)cc5\C4=C(\C#N)[N+]#[C-])cc3Cc3c(C(C)C)cc(C(C)C)cc3C(C)C)s2)C(=O)c2cc(F)c(F)cc21. The zero-order valence-corrected chi connectivity index (χ0v) is 46.2. The first-order valence-corrected chi connectivity index (χ1v) is 27.1. The van der Waals surface area contributed by atoms with E-state index in [0.29, 0.717) is 31.0 Å². The Hall–Kier alpha value is -7.48. The molecular weight excluding hydrogens is 997 g/mol. The summed E-state index contributed by atoms with van der Waals surface area (Å²) < 4.78 is 62.5. The van der Waals surface area contributed by atoms with Crippen molar-refractivity contribution in [1.82, 2.24) is 0 Å². The minimum atomic E-state index is -1.26. The normalized spacial score (nSPS) is 16.5. The maximum Gasteiger partial charge on any atom is 0.270 e. The Kier molecular flexibility index (Phi) is 15.3. The molecule has 2 aromatic heterocycles. The van der Waals surface area contributed by atoms with E-state index in [1.165, 1.54) is 33.8 Å². The predicted octanol–water partition coefficient (Wildman–Crippen LogP) is 16.0. The van der Waals surface area contributed by atoms with E-state index < -0.39 is 46.2 Å². The van der Waals surface area contributed by atoms with Gasteiger partial charge in [-0.1, -0.05) is 107 Å². The summed E-state index contributed by atoms with van der Waals surface area (Å²) in [4.78, 5) is 36.6. The van der Waals surface area contributed by atoms with Crippen molar-refractivity contribution in [2.75, 3.05) is 0 Å². The molecule has 0 bridgehead atoms. The van der Waals surface area contributed by atoms with E-state index in [4.69, 9.17) is 13.1 Å². The second-order valence-electron chi connectivity index (χ2n) is 21.5. The molecule has 0 saturated heterocycles. The molecule has 8 rings (SSSR count). The monoisotopic (exact) mass is 1050 g/mol. The fourth-order valence-electron chi connectivity index (χ4n) is 10.6. The van der Waals surface area contributed by atoms with Crippen LogP contribution in [0, 0.1) is 68.1 Å². The number of thiophene rings is 2. The molecule has 2 heterocycles. The predicted molar refractivity (Wildman–Crippen MR) is 295 cm³/mol. The highest BCUT2D eigenvalue weighted by molar-refractivity contribution is 7.12. The van der Waals surface area contributed by atoms with Gasteiger partial charge in [0, 0.05) is 51.5 Å². The number of Topliss-reactive ketones (excluding diaryl/α,β-unsaturated/α-hetero) is 2. The summed E-state index contributed by atoms with van der Waals surface area (Å²) in [6.07, 6.45) is 0.669. The third kappa shape index (κ3) is 9.59. The van der Waals surface area contributed by atoms with E-state index in [2.05, 4.69) is 117 Å². The Morgan fingerprint density at radius 3 is 1.01 bits per heavy atom. The van der Waals surface area contributed by atoms with Gasteiger partial charge in [0.15, 0.2) is 34.8 Å². The highest BCUT2D eigenvalue weighted by atomic mass is 32.1. The number of allylic oxidation sites excluding steroid dienone is 4.